The van der Waals surface area contributed by atoms with Crippen LogP contribution in [0.3, 0.4) is 0 Å². The number of halogens is 2. The first-order valence-corrected chi connectivity index (χ1v) is 8.43. The summed E-state index contributed by atoms with van der Waals surface area (Å²) >= 11 is 7.37. The van der Waals surface area contributed by atoms with Crippen LogP contribution in [0.4, 0.5) is 0 Å². The van der Waals surface area contributed by atoms with Crippen LogP contribution in [-0.2, 0) is 6.42 Å². The van der Waals surface area contributed by atoms with Gasteiger partial charge in [-0.15, -0.1) is 0 Å². The highest BCUT2D eigenvalue weighted by Crippen LogP contribution is 2.30. The van der Waals surface area contributed by atoms with Crippen LogP contribution in [0.5, 0.6) is 5.75 Å². The SMILES string of the molecule is COc1ccc(Br)c(CCCC(Br)c2ccccc2)c1. The summed E-state index contributed by atoms with van der Waals surface area (Å²) in [6.45, 7) is 0. The summed E-state index contributed by atoms with van der Waals surface area (Å²) in [6, 6.07) is 16.7. The zero-order chi connectivity index (χ0) is 14.4. The molecule has 2 aromatic rings. The number of aryl methyl sites for hydroxylation is 1. The van der Waals surface area contributed by atoms with E-state index in [0.29, 0.717) is 4.83 Å². The van der Waals surface area contributed by atoms with Crippen LogP contribution in [0.1, 0.15) is 28.8 Å². The molecule has 1 unspecified atom stereocenters. The van der Waals surface area contributed by atoms with E-state index in [4.69, 9.17) is 4.74 Å². The molecule has 20 heavy (non-hydrogen) atoms. The van der Waals surface area contributed by atoms with Crippen molar-refractivity contribution in [3.05, 3.63) is 64.1 Å². The molecule has 0 spiro atoms. The molecule has 0 saturated carbocycles. The van der Waals surface area contributed by atoms with Gasteiger partial charge in [0.25, 0.3) is 0 Å². The Morgan fingerprint density at radius 3 is 2.55 bits per heavy atom. The number of benzene rings is 2. The summed E-state index contributed by atoms with van der Waals surface area (Å²) in [4.78, 5) is 0.424. The molecule has 0 fully saturated rings. The second kappa shape index (κ2) is 7.84. The van der Waals surface area contributed by atoms with Gasteiger partial charge in [0.2, 0.25) is 0 Å². The van der Waals surface area contributed by atoms with Gasteiger partial charge >= 0.3 is 0 Å². The van der Waals surface area contributed by atoms with Crippen molar-refractivity contribution in [1.29, 1.82) is 0 Å². The molecule has 0 saturated heterocycles. The normalized spacial score (nSPS) is 12.2. The summed E-state index contributed by atoms with van der Waals surface area (Å²) in [6.07, 6.45) is 3.30. The lowest BCUT2D eigenvalue weighted by Crippen LogP contribution is -1.94. The van der Waals surface area contributed by atoms with Crippen molar-refractivity contribution in [2.24, 2.45) is 0 Å². The van der Waals surface area contributed by atoms with E-state index in [1.165, 1.54) is 11.1 Å². The Hall–Kier alpha value is -0.800. The first-order valence-electron chi connectivity index (χ1n) is 6.72. The van der Waals surface area contributed by atoms with E-state index in [9.17, 15) is 0 Å². The number of hydrogen-bond acceptors (Lipinski definition) is 1. The first kappa shape index (κ1) is 15.6. The number of rotatable bonds is 6. The molecule has 0 radical (unpaired) electrons. The maximum atomic E-state index is 5.28. The molecule has 2 aromatic carbocycles. The Kier molecular flexibility index (Phi) is 6.11. The molecule has 0 heterocycles. The maximum Gasteiger partial charge on any atom is 0.119 e. The van der Waals surface area contributed by atoms with E-state index in [0.717, 1.165) is 29.5 Å². The van der Waals surface area contributed by atoms with Gasteiger partial charge < -0.3 is 4.74 Å². The third-order valence-corrected chi connectivity index (χ3v) is 5.08. The minimum absolute atomic E-state index is 0.424. The van der Waals surface area contributed by atoms with Gasteiger partial charge in [0.1, 0.15) is 5.75 Å². The predicted molar refractivity (Wildman–Crippen MR) is 91.7 cm³/mol. The van der Waals surface area contributed by atoms with Crippen molar-refractivity contribution >= 4 is 31.9 Å². The van der Waals surface area contributed by atoms with Crippen molar-refractivity contribution < 1.29 is 4.74 Å². The van der Waals surface area contributed by atoms with Gasteiger partial charge in [0, 0.05) is 9.30 Å². The molecule has 0 aliphatic carbocycles. The van der Waals surface area contributed by atoms with E-state index < -0.39 is 0 Å². The Balaban J connectivity index is 1.90. The van der Waals surface area contributed by atoms with Gasteiger partial charge in [-0.25, -0.2) is 0 Å². The third kappa shape index (κ3) is 4.35. The average Bonchev–Trinajstić information content (AvgIpc) is 2.50. The summed E-state index contributed by atoms with van der Waals surface area (Å²) in [7, 11) is 1.71. The first-order chi connectivity index (χ1) is 9.70. The van der Waals surface area contributed by atoms with Gasteiger partial charge in [-0.05, 0) is 48.6 Å². The maximum absolute atomic E-state index is 5.28. The topological polar surface area (TPSA) is 9.23 Å². The average molecular weight is 398 g/mol. The molecule has 0 aliphatic heterocycles. The number of hydrogen-bond donors (Lipinski definition) is 0. The van der Waals surface area contributed by atoms with Crippen LogP contribution in [0.15, 0.2) is 53.0 Å². The molecule has 0 bridgehead atoms. The largest absolute Gasteiger partial charge is 0.497 e. The monoisotopic (exact) mass is 396 g/mol. The number of methoxy groups -OCH3 is 1. The molecule has 0 amide bonds. The highest BCUT2D eigenvalue weighted by molar-refractivity contribution is 9.10. The zero-order valence-electron chi connectivity index (χ0n) is 11.5. The summed E-state index contributed by atoms with van der Waals surface area (Å²) in [5.74, 6) is 0.918. The second-order valence-electron chi connectivity index (χ2n) is 4.73. The zero-order valence-corrected chi connectivity index (χ0v) is 14.7. The van der Waals surface area contributed by atoms with Crippen molar-refractivity contribution in [3.8, 4) is 5.75 Å². The van der Waals surface area contributed by atoms with Crippen LogP contribution < -0.4 is 4.74 Å². The van der Waals surface area contributed by atoms with E-state index in [1.54, 1.807) is 7.11 Å². The lowest BCUT2D eigenvalue weighted by molar-refractivity contribution is 0.414. The molecular weight excluding hydrogens is 380 g/mol. The van der Waals surface area contributed by atoms with Gasteiger partial charge in [-0.3, -0.25) is 0 Å². The van der Waals surface area contributed by atoms with Gasteiger partial charge in [0.05, 0.1) is 7.11 Å². The lowest BCUT2D eigenvalue weighted by Gasteiger charge is -2.11. The van der Waals surface area contributed by atoms with Gasteiger partial charge in [-0.2, -0.15) is 0 Å². The van der Waals surface area contributed by atoms with Crippen molar-refractivity contribution in [1.82, 2.24) is 0 Å². The van der Waals surface area contributed by atoms with E-state index in [1.807, 2.05) is 6.07 Å². The van der Waals surface area contributed by atoms with E-state index in [-0.39, 0.29) is 0 Å². The van der Waals surface area contributed by atoms with Crippen molar-refractivity contribution in [3.63, 3.8) is 0 Å². The Bertz CT molecular complexity index is 540. The van der Waals surface area contributed by atoms with Crippen LogP contribution in [0.25, 0.3) is 0 Å². The van der Waals surface area contributed by atoms with Crippen LogP contribution >= 0.6 is 31.9 Å². The molecule has 2 rings (SSSR count). The molecule has 3 heteroatoms. The van der Waals surface area contributed by atoms with Crippen molar-refractivity contribution in [2.75, 3.05) is 7.11 Å². The molecule has 106 valence electrons. The minimum atomic E-state index is 0.424. The Morgan fingerprint density at radius 1 is 1.10 bits per heavy atom. The minimum Gasteiger partial charge on any atom is -0.497 e. The molecule has 0 N–H and O–H groups in total. The summed E-state index contributed by atoms with van der Waals surface area (Å²) in [5.41, 5.74) is 2.65. The molecular formula is C17H18Br2O. The Labute approximate surface area is 137 Å². The predicted octanol–water partition coefficient (Wildman–Crippen LogP) is 5.92. The Morgan fingerprint density at radius 2 is 1.85 bits per heavy atom. The fourth-order valence-electron chi connectivity index (χ4n) is 2.17. The second-order valence-corrected chi connectivity index (χ2v) is 6.69. The number of alkyl halides is 1. The third-order valence-electron chi connectivity index (χ3n) is 3.32. The number of ether oxygens (including phenoxy) is 1. The molecule has 1 nitrogen and oxygen atoms in total. The molecule has 1 atom stereocenters. The van der Waals surface area contributed by atoms with Crippen LogP contribution in [-0.4, -0.2) is 7.11 Å². The van der Waals surface area contributed by atoms with E-state index >= 15 is 0 Å². The fourth-order valence-corrected chi connectivity index (χ4v) is 3.24. The fraction of sp³-hybridized carbons (Fsp3) is 0.294. The smallest absolute Gasteiger partial charge is 0.119 e. The lowest BCUT2D eigenvalue weighted by atomic mass is 10.0. The van der Waals surface area contributed by atoms with Gasteiger partial charge in [-0.1, -0.05) is 62.2 Å². The standard InChI is InChI=1S/C17H18Br2O/c1-20-15-10-11-17(19)14(12-15)8-5-9-16(18)13-6-3-2-4-7-13/h2-4,6-7,10-12,16H,5,8-9H2,1H3. The van der Waals surface area contributed by atoms with E-state index in [2.05, 4.69) is 74.3 Å². The van der Waals surface area contributed by atoms with Crippen molar-refractivity contribution in [2.45, 2.75) is 24.1 Å². The molecule has 0 aromatic heterocycles. The molecule has 0 aliphatic rings. The highest BCUT2D eigenvalue weighted by atomic mass is 79.9. The van der Waals surface area contributed by atoms with Crippen LogP contribution in [0, 0.1) is 0 Å². The highest BCUT2D eigenvalue weighted by Gasteiger charge is 2.08. The van der Waals surface area contributed by atoms with Crippen LogP contribution in [0.2, 0.25) is 0 Å². The quantitative estimate of drug-likeness (QED) is 0.550. The summed E-state index contributed by atoms with van der Waals surface area (Å²) < 4.78 is 6.43. The summed E-state index contributed by atoms with van der Waals surface area (Å²) in [5, 5.41) is 0. The van der Waals surface area contributed by atoms with Gasteiger partial charge in [0.15, 0.2) is 0 Å².